The van der Waals surface area contributed by atoms with Crippen LogP contribution in [0.2, 0.25) is 0 Å². The molecular formula is C5H3F5O. The number of halogens is 5. The average Bonchev–Trinajstić information content (AvgIpc) is 1.83. The minimum atomic E-state index is -5.71. The highest BCUT2D eigenvalue weighted by atomic mass is 19.4. The van der Waals surface area contributed by atoms with Gasteiger partial charge in [0.25, 0.3) is 0 Å². The third-order valence-electron chi connectivity index (χ3n) is 0.980. The highest BCUT2D eigenvalue weighted by Crippen LogP contribution is 2.39. The minimum Gasteiger partial charge on any atom is -0.233 e. The first-order chi connectivity index (χ1) is 4.73. The molecule has 0 spiro atoms. The fourth-order valence-corrected chi connectivity index (χ4v) is 0.277. The van der Waals surface area contributed by atoms with E-state index in [1.54, 1.807) is 0 Å². The van der Waals surface area contributed by atoms with Gasteiger partial charge in [0.1, 0.15) is 5.94 Å². The van der Waals surface area contributed by atoms with Crippen molar-refractivity contribution in [3.05, 3.63) is 5.57 Å². The van der Waals surface area contributed by atoms with Gasteiger partial charge in [0.2, 0.25) is 0 Å². The number of hydrogen-bond acceptors (Lipinski definition) is 1. The molecule has 0 N–H and O–H groups in total. The van der Waals surface area contributed by atoms with Crippen LogP contribution in [0.3, 0.4) is 0 Å². The molecule has 0 aromatic rings. The van der Waals surface area contributed by atoms with E-state index in [0.717, 1.165) is 0 Å². The molecule has 0 aliphatic rings. The summed E-state index contributed by atoms with van der Waals surface area (Å²) in [7, 11) is 0. The van der Waals surface area contributed by atoms with E-state index in [4.69, 9.17) is 0 Å². The van der Waals surface area contributed by atoms with Gasteiger partial charge in [-0.2, -0.15) is 22.0 Å². The molecule has 11 heavy (non-hydrogen) atoms. The average molecular weight is 174 g/mol. The van der Waals surface area contributed by atoms with Crippen molar-refractivity contribution in [3.63, 3.8) is 0 Å². The van der Waals surface area contributed by atoms with Crippen molar-refractivity contribution in [3.8, 4) is 0 Å². The van der Waals surface area contributed by atoms with Crippen LogP contribution in [-0.4, -0.2) is 18.0 Å². The van der Waals surface area contributed by atoms with Gasteiger partial charge in [-0.25, -0.2) is 4.79 Å². The zero-order chi connectivity index (χ0) is 9.28. The maximum atomic E-state index is 11.9. The lowest BCUT2D eigenvalue weighted by atomic mass is 10.2. The number of hydrogen-bond donors (Lipinski definition) is 0. The Labute approximate surface area is 58.5 Å². The Balaban J connectivity index is 4.89. The van der Waals surface area contributed by atoms with E-state index in [1.807, 2.05) is 0 Å². The molecule has 0 bridgehead atoms. The van der Waals surface area contributed by atoms with Crippen molar-refractivity contribution in [2.24, 2.45) is 0 Å². The first kappa shape index (κ1) is 10.1. The van der Waals surface area contributed by atoms with Crippen molar-refractivity contribution in [2.45, 2.75) is 19.0 Å². The quantitative estimate of drug-likeness (QED) is 0.438. The van der Waals surface area contributed by atoms with E-state index in [9.17, 15) is 26.7 Å². The van der Waals surface area contributed by atoms with Gasteiger partial charge >= 0.3 is 12.1 Å². The Morgan fingerprint density at radius 1 is 1.18 bits per heavy atom. The van der Waals surface area contributed by atoms with Crippen LogP contribution in [0.25, 0.3) is 0 Å². The fourth-order valence-electron chi connectivity index (χ4n) is 0.277. The Bertz CT molecular complexity index is 197. The zero-order valence-corrected chi connectivity index (χ0v) is 5.30. The van der Waals surface area contributed by atoms with Crippen molar-refractivity contribution < 1.29 is 26.7 Å². The molecule has 0 rings (SSSR count). The lowest BCUT2D eigenvalue weighted by molar-refractivity contribution is -0.263. The molecule has 0 aromatic heterocycles. The van der Waals surface area contributed by atoms with Crippen LogP contribution in [-0.2, 0) is 4.79 Å². The van der Waals surface area contributed by atoms with Crippen LogP contribution in [0.15, 0.2) is 5.57 Å². The van der Waals surface area contributed by atoms with Gasteiger partial charge in [0, 0.05) is 0 Å². The Morgan fingerprint density at radius 3 is 1.64 bits per heavy atom. The standard InChI is InChI=1S/C5H3F5O/c1-3(2-11)4(6,7)5(8,9)10/h1H3. The van der Waals surface area contributed by atoms with E-state index in [1.165, 1.54) is 0 Å². The van der Waals surface area contributed by atoms with Gasteiger partial charge in [-0.1, -0.05) is 0 Å². The number of alkyl halides is 5. The van der Waals surface area contributed by atoms with E-state index in [0.29, 0.717) is 12.9 Å². The van der Waals surface area contributed by atoms with Gasteiger partial charge in [-0.15, -0.1) is 0 Å². The van der Waals surface area contributed by atoms with E-state index in [2.05, 4.69) is 0 Å². The SMILES string of the molecule is CC(=C=O)C(F)(F)C(F)(F)F. The number of allylic oxidation sites excluding steroid dienone is 1. The van der Waals surface area contributed by atoms with Gasteiger partial charge in [0.15, 0.2) is 0 Å². The molecule has 0 amide bonds. The third-order valence-corrected chi connectivity index (χ3v) is 0.980. The van der Waals surface area contributed by atoms with Crippen molar-refractivity contribution in [1.82, 2.24) is 0 Å². The van der Waals surface area contributed by atoms with Crippen LogP contribution in [0, 0.1) is 0 Å². The summed E-state index contributed by atoms with van der Waals surface area (Å²) < 4.78 is 57.8. The summed E-state index contributed by atoms with van der Waals surface area (Å²) in [4.78, 5) is 9.46. The Hall–Kier alpha value is -0.900. The van der Waals surface area contributed by atoms with Crippen LogP contribution < -0.4 is 0 Å². The topological polar surface area (TPSA) is 17.1 Å². The summed E-state index contributed by atoms with van der Waals surface area (Å²) in [5.74, 6) is -4.55. The number of rotatable bonds is 1. The summed E-state index contributed by atoms with van der Waals surface area (Å²) >= 11 is 0. The first-order valence-electron chi connectivity index (χ1n) is 2.40. The first-order valence-corrected chi connectivity index (χ1v) is 2.40. The van der Waals surface area contributed by atoms with Gasteiger partial charge < -0.3 is 0 Å². The van der Waals surface area contributed by atoms with Gasteiger partial charge in [-0.3, -0.25) is 0 Å². The highest BCUT2D eigenvalue weighted by Gasteiger charge is 2.59. The molecule has 64 valence electrons. The van der Waals surface area contributed by atoms with Crippen molar-refractivity contribution >= 4 is 5.94 Å². The number of carbonyl (C=O) groups excluding carboxylic acids is 1. The van der Waals surface area contributed by atoms with Crippen LogP contribution >= 0.6 is 0 Å². The molecule has 0 atom stereocenters. The predicted molar refractivity (Wildman–Crippen MR) is 25.9 cm³/mol. The molecule has 0 aliphatic carbocycles. The molecule has 0 aliphatic heterocycles. The van der Waals surface area contributed by atoms with Gasteiger partial charge in [0.05, 0.1) is 5.57 Å². The van der Waals surface area contributed by atoms with E-state index < -0.39 is 17.7 Å². The monoisotopic (exact) mass is 174 g/mol. The highest BCUT2D eigenvalue weighted by molar-refractivity contribution is 5.54. The lowest BCUT2D eigenvalue weighted by Crippen LogP contribution is -2.37. The molecule has 0 aromatic carbocycles. The molecule has 0 fully saturated rings. The molecule has 0 heterocycles. The molecule has 6 heteroatoms. The second-order valence-corrected chi connectivity index (χ2v) is 1.80. The van der Waals surface area contributed by atoms with Crippen molar-refractivity contribution in [2.75, 3.05) is 0 Å². The summed E-state index contributed by atoms with van der Waals surface area (Å²) in [6, 6.07) is 0. The lowest BCUT2D eigenvalue weighted by Gasteiger charge is -2.17. The normalized spacial score (nSPS) is 12.5. The predicted octanol–water partition coefficient (Wildman–Crippen LogP) is 1.96. The molecule has 0 unspecified atom stereocenters. The fraction of sp³-hybridized carbons (Fsp3) is 0.600. The van der Waals surface area contributed by atoms with Crippen LogP contribution in [0.5, 0.6) is 0 Å². The van der Waals surface area contributed by atoms with Crippen molar-refractivity contribution in [1.29, 1.82) is 0 Å². The summed E-state index contributed by atoms with van der Waals surface area (Å²) in [6.07, 6.45) is -5.71. The molecule has 1 nitrogen and oxygen atoms in total. The van der Waals surface area contributed by atoms with E-state index >= 15 is 0 Å². The summed E-state index contributed by atoms with van der Waals surface area (Å²) in [5.41, 5.74) is -1.66. The molecule has 0 saturated heterocycles. The summed E-state index contributed by atoms with van der Waals surface area (Å²) in [6.45, 7) is 0.375. The zero-order valence-electron chi connectivity index (χ0n) is 5.30. The summed E-state index contributed by atoms with van der Waals surface area (Å²) in [5, 5.41) is 0. The molecule has 0 saturated carbocycles. The largest absolute Gasteiger partial charge is 0.458 e. The maximum absolute atomic E-state index is 11.9. The third kappa shape index (κ3) is 1.77. The minimum absolute atomic E-state index is 0.375. The Morgan fingerprint density at radius 2 is 1.55 bits per heavy atom. The second-order valence-electron chi connectivity index (χ2n) is 1.80. The maximum Gasteiger partial charge on any atom is 0.458 e. The van der Waals surface area contributed by atoms with Crippen LogP contribution in [0.4, 0.5) is 22.0 Å². The van der Waals surface area contributed by atoms with Gasteiger partial charge in [-0.05, 0) is 6.92 Å². The molecular weight excluding hydrogens is 171 g/mol. The van der Waals surface area contributed by atoms with Crippen LogP contribution in [0.1, 0.15) is 6.92 Å². The van der Waals surface area contributed by atoms with E-state index in [-0.39, 0.29) is 0 Å². The molecule has 0 radical (unpaired) electrons. The Kier molecular flexibility index (Phi) is 2.40. The second kappa shape index (κ2) is 2.62. The smallest absolute Gasteiger partial charge is 0.233 e.